The fraction of sp³-hybridized carbons (Fsp3) is 0.913. The number of likely N-dealkylation sites (tertiary alicyclic amines) is 3. The smallest absolute Gasteiger partial charge is 0.285 e. The molecule has 31 heavy (non-hydrogen) atoms. The van der Waals surface area contributed by atoms with Gasteiger partial charge in [-0.3, -0.25) is 19.4 Å². The van der Waals surface area contributed by atoms with E-state index in [2.05, 4.69) is 29.0 Å². The van der Waals surface area contributed by atoms with Gasteiger partial charge >= 0.3 is 0 Å². The number of amides is 2. The van der Waals surface area contributed by atoms with Gasteiger partial charge in [-0.1, -0.05) is 27.7 Å². The van der Waals surface area contributed by atoms with E-state index in [1.807, 2.05) is 13.8 Å². The van der Waals surface area contributed by atoms with E-state index in [-0.39, 0.29) is 38.7 Å². The van der Waals surface area contributed by atoms with E-state index in [4.69, 9.17) is 0 Å². The van der Waals surface area contributed by atoms with E-state index in [9.17, 15) is 18.4 Å². The molecule has 0 aromatic heterocycles. The van der Waals surface area contributed by atoms with Crippen molar-refractivity contribution >= 4 is 11.8 Å². The summed E-state index contributed by atoms with van der Waals surface area (Å²) >= 11 is 0. The predicted molar refractivity (Wildman–Crippen MR) is 121 cm³/mol. The lowest BCUT2D eigenvalue weighted by atomic mass is 9.71. The van der Waals surface area contributed by atoms with Crippen LogP contribution >= 0.6 is 0 Å². The van der Waals surface area contributed by atoms with Gasteiger partial charge in [0.1, 0.15) is 0 Å². The number of piperidine rings is 2. The molecule has 0 aromatic rings. The highest BCUT2D eigenvalue weighted by atomic mass is 19.3. The number of hydrogen-bond acceptors (Lipinski definition) is 4. The molecular weight excluding hydrogens is 402 g/mol. The number of hydrogen-bond donors (Lipinski definition) is 1. The molecule has 182 valence electrons. The minimum atomic E-state index is -3.10. The van der Waals surface area contributed by atoms with Gasteiger partial charge in [0.25, 0.3) is 5.92 Å². The number of halogens is 2. The molecule has 0 radical (unpaired) electrons. The molecule has 3 heterocycles. The maximum absolute atomic E-state index is 14.5. The Morgan fingerprint density at radius 3 is 2.10 bits per heavy atom. The second kappa shape index (κ2) is 10.6. The van der Waals surface area contributed by atoms with E-state index in [1.165, 1.54) is 4.90 Å². The third kappa shape index (κ3) is 6.37. The summed E-state index contributed by atoms with van der Waals surface area (Å²) < 4.78 is 29.0. The molecule has 6 nitrogen and oxygen atoms in total. The van der Waals surface area contributed by atoms with Crippen molar-refractivity contribution in [1.82, 2.24) is 20.0 Å². The topological polar surface area (TPSA) is 55.9 Å². The van der Waals surface area contributed by atoms with Crippen LogP contribution in [-0.4, -0.2) is 90.3 Å². The van der Waals surface area contributed by atoms with Crippen molar-refractivity contribution in [2.24, 2.45) is 11.3 Å². The third-order valence-corrected chi connectivity index (χ3v) is 6.88. The number of carbonyl (C=O) groups is 2. The highest BCUT2D eigenvalue weighted by Crippen LogP contribution is 2.41. The average molecular weight is 447 g/mol. The van der Waals surface area contributed by atoms with Crippen molar-refractivity contribution < 1.29 is 19.8 Å². The summed E-state index contributed by atoms with van der Waals surface area (Å²) in [6.07, 6.45) is 2.23. The molecule has 1 N–H and O–H groups in total. The minimum Gasteiger partial charge on any atom is -0.347 e. The van der Waals surface area contributed by atoms with E-state index in [1.54, 1.807) is 13.8 Å². The predicted octanol–water partition coefficient (Wildman–Crippen LogP) is 3.07. The summed E-state index contributed by atoms with van der Waals surface area (Å²) in [5.74, 6) is -4.04. The van der Waals surface area contributed by atoms with Crippen LogP contribution in [0.3, 0.4) is 0 Å². The molecule has 8 heteroatoms. The second-order valence-electron chi connectivity index (χ2n) is 9.86. The van der Waals surface area contributed by atoms with Crippen LogP contribution in [0.5, 0.6) is 0 Å². The van der Waals surface area contributed by atoms with Crippen molar-refractivity contribution in [2.45, 2.75) is 78.8 Å². The monoisotopic (exact) mass is 446 g/mol. The molecule has 0 saturated carbocycles. The van der Waals surface area contributed by atoms with E-state index in [0.29, 0.717) is 11.5 Å². The summed E-state index contributed by atoms with van der Waals surface area (Å²) in [6.45, 7) is 15.6. The molecule has 3 aliphatic rings. The zero-order chi connectivity index (χ0) is 23.4. The van der Waals surface area contributed by atoms with Gasteiger partial charge in [-0.2, -0.15) is 0 Å². The molecule has 3 aliphatic heterocycles. The molecule has 3 fully saturated rings. The Balaban J connectivity index is 0.00000166. The number of rotatable bonds is 5. The number of nitrogens with zero attached hydrogens (tertiary/aromatic N) is 3. The lowest BCUT2D eigenvalue weighted by molar-refractivity contribution is -0.149. The lowest BCUT2D eigenvalue weighted by Crippen LogP contribution is -2.63. The Kier molecular flexibility index (Phi) is 8.85. The van der Waals surface area contributed by atoms with E-state index < -0.39 is 18.5 Å². The van der Waals surface area contributed by atoms with Gasteiger partial charge in [0, 0.05) is 33.0 Å². The normalized spacial score (nSPS) is 25.7. The van der Waals surface area contributed by atoms with Gasteiger partial charge in [0.15, 0.2) is 0 Å². The molecule has 3 saturated heterocycles. The Bertz CT molecular complexity index is 617. The first-order valence-corrected chi connectivity index (χ1v) is 11.9. The molecule has 0 aliphatic carbocycles. The van der Waals surface area contributed by atoms with Gasteiger partial charge in [0.2, 0.25) is 11.8 Å². The Hall–Kier alpha value is -1.28. The molecule has 3 rings (SSSR count). The van der Waals surface area contributed by atoms with Gasteiger partial charge in [-0.15, -0.1) is 0 Å². The lowest BCUT2D eigenvalue weighted by Gasteiger charge is -2.55. The van der Waals surface area contributed by atoms with Gasteiger partial charge in [-0.25, -0.2) is 8.78 Å². The quantitative estimate of drug-likeness (QED) is 0.705. The largest absolute Gasteiger partial charge is 0.347 e. The van der Waals surface area contributed by atoms with Gasteiger partial charge in [0.05, 0.1) is 19.1 Å². The molecule has 1 spiro atoms. The number of nitrogens with one attached hydrogen (secondary N) is 1. The maximum Gasteiger partial charge on any atom is 0.285 e. The molecular formula is C23H44F2N4O2. The Morgan fingerprint density at radius 2 is 1.61 bits per heavy atom. The van der Waals surface area contributed by atoms with Crippen molar-refractivity contribution in [3.63, 3.8) is 0 Å². The first-order chi connectivity index (χ1) is 14.5. The molecule has 0 aromatic carbocycles. The third-order valence-electron chi connectivity index (χ3n) is 6.88. The van der Waals surface area contributed by atoms with Crippen LogP contribution in [-0.2, 0) is 9.59 Å². The zero-order valence-electron chi connectivity index (χ0n) is 20.2. The summed E-state index contributed by atoms with van der Waals surface area (Å²) in [5, 5.41) is 2.44. The highest BCUT2D eigenvalue weighted by molar-refractivity contribution is 5.79. The van der Waals surface area contributed by atoms with Crippen LogP contribution in [0.2, 0.25) is 0 Å². The molecule has 0 bridgehead atoms. The second-order valence-corrected chi connectivity index (χ2v) is 9.86. The van der Waals surface area contributed by atoms with E-state index in [0.717, 1.165) is 39.0 Å². The number of carbonyl (C=O) groups excluding carboxylic acids is 2. The molecule has 1 unspecified atom stereocenters. The standard InChI is InChI=1S/C21H36F2N4O2.C2H6.H2/c1-15(2)19(29)24-17-5-8-26(14-21(17,22)23)18(28)11-25-9-6-20(7-10-25)12-27(13-20)16(3)4;1-2;/h15-17H,5-14H2,1-4H3,(H,24,29);1-2H3;1H. The first-order valence-electron chi connectivity index (χ1n) is 11.9. The van der Waals surface area contributed by atoms with Crippen LogP contribution in [0, 0.1) is 11.3 Å². The van der Waals surface area contributed by atoms with Gasteiger partial charge in [-0.05, 0) is 51.6 Å². The van der Waals surface area contributed by atoms with Crippen LogP contribution in [0.15, 0.2) is 0 Å². The fourth-order valence-corrected chi connectivity index (χ4v) is 4.64. The summed E-state index contributed by atoms with van der Waals surface area (Å²) in [5.41, 5.74) is 0.393. The van der Waals surface area contributed by atoms with Crippen LogP contribution in [0.4, 0.5) is 8.78 Å². The summed E-state index contributed by atoms with van der Waals surface area (Å²) in [6, 6.07) is -0.617. The average Bonchev–Trinajstić information content (AvgIpc) is 2.69. The zero-order valence-corrected chi connectivity index (χ0v) is 20.2. The summed E-state index contributed by atoms with van der Waals surface area (Å²) in [7, 11) is 0. The first kappa shape index (κ1) is 26.0. The van der Waals surface area contributed by atoms with Crippen molar-refractivity contribution in [3.8, 4) is 0 Å². The van der Waals surface area contributed by atoms with Gasteiger partial charge < -0.3 is 10.2 Å². The SMILES string of the molecule is CC.CC(C)C(=O)NC1CCN(C(=O)CN2CCC3(CC2)CN(C(C)C)C3)CC1(F)F.[HH]. The maximum atomic E-state index is 14.5. The van der Waals surface area contributed by atoms with Crippen LogP contribution < -0.4 is 5.32 Å². The Morgan fingerprint density at radius 1 is 1.03 bits per heavy atom. The minimum absolute atomic E-state index is 0. The summed E-state index contributed by atoms with van der Waals surface area (Å²) in [4.78, 5) is 30.3. The van der Waals surface area contributed by atoms with Crippen molar-refractivity contribution in [3.05, 3.63) is 0 Å². The van der Waals surface area contributed by atoms with Crippen molar-refractivity contribution in [1.29, 1.82) is 0 Å². The molecule has 1 atom stereocenters. The number of alkyl halides is 2. The fourth-order valence-electron chi connectivity index (χ4n) is 4.64. The highest BCUT2D eigenvalue weighted by Gasteiger charge is 2.48. The van der Waals surface area contributed by atoms with Crippen LogP contribution in [0.1, 0.15) is 62.2 Å². The van der Waals surface area contributed by atoms with Crippen LogP contribution in [0.25, 0.3) is 0 Å². The Labute approximate surface area is 188 Å². The van der Waals surface area contributed by atoms with Crippen molar-refractivity contribution in [2.75, 3.05) is 45.8 Å². The molecule has 2 amide bonds. The van der Waals surface area contributed by atoms with E-state index >= 15 is 0 Å².